The quantitative estimate of drug-likeness (QED) is 0.127. The Hall–Kier alpha value is -9.94. The third-order valence-corrected chi connectivity index (χ3v) is 23.2. The Morgan fingerprint density at radius 1 is 0.287 bits per heavy atom. The largest absolute Gasteiger partial charge is 0.310 e. The Kier molecular flexibility index (Phi) is 11.8. The molecule has 2 aliphatic rings. The third kappa shape index (κ3) is 8.16. The summed E-state index contributed by atoms with van der Waals surface area (Å²) in [4.78, 5) is 4.91. The van der Waals surface area contributed by atoms with Gasteiger partial charge in [-0.15, -0.1) is 0 Å². The zero-order valence-electron chi connectivity index (χ0n) is 50.7. The zero-order valence-corrected chi connectivity index (χ0v) is 51.7. The van der Waals surface area contributed by atoms with E-state index in [1.54, 1.807) is 0 Å². The van der Waals surface area contributed by atoms with Crippen molar-refractivity contribution in [2.75, 3.05) is 9.80 Å². The van der Waals surface area contributed by atoms with Crippen LogP contribution in [0.25, 0.3) is 77.2 Å². The molecule has 14 aromatic rings. The number of fused-ring (bicyclic) bond motifs is 12. The van der Waals surface area contributed by atoms with E-state index in [4.69, 9.17) is 0 Å². The van der Waals surface area contributed by atoms with Crippen molar-refractivity contribution in [2.24, 2.45) is 0 Å². The molecule has 0 saturated heterocycles. The second-order valence-corrected chi connectivity index (χ2v) is 30.4. The first-order valence-electron chi connectivity index (χ1n) is 30.7. The van der Waals surface area contributed by atoms with Crippen molar-refractivity contribution in [1.29, 1.82) is 0 Å². The van der Waals surface area contributed by atoms with Gasteiger partial charge in [-0.25, -0.2) is 0 Å². The maximum Gasteiger partial charge on any atom is 0.112 e. The average Bonchev–Trinajstić information content (AvgIpc) is 2.06. The Bertz CT molecular complexity index is 4760. The lowest BCUT2D eigenvalue weighted by molar-refractivity contribution is 0.661. The summed E-state index contributed by atoms with van der Waals surface area (Å²) in [5.74, 6) is 0. The average molecular weight is 1140 g/mol. The molecular formula is C82H68N4Si. The molecule has 0 fully saturated rings. The molecule has 12 aromatic carbocycles. The summed E-state index contributed by atoms with van der Waals surface area (Å²) in [6.45, 7) is 19.2. The van der Waals surface area contributed by atoms with Crippen molar-refractivity contribution >= 4 is 96.2 Å². The SMILES string of the molecule is Cc1ccc(N(c2ccc3c(c2)C(C)(C)c2cc([Si](C)(C)c4ccc5c(c4)C(C)(C)c4cc(N(c6ccc(C)cc6)c6ccc7c(c6)c6ccccc6n7-c6ccccc6)ccc4-5)ccc2-3)c2ccc3c(c2)c2ccccc2n3-c2ccccc2)cc1. The highest BCUT2D eigenvalue weighted by molar-refractivity contribution is 7.00. The standard InChI is InChI=1S/C82H68N4Si/c1-53-27-31-57(32-28-53)83(59-37-45-79-71(47-59)69-23-15-17-25-77(69)85(79)55-19-11-9-12-20-55)61-35-41-65-67-43-39-63(51-75(67)81(3,4)73(65)49-61)87(7,8)64-40-44-68-66-42-36-62(50-74(66)82(5,6)76(68)52-64)84(58-33-29-54(2)30-34-58)60-38-46-80-72(48-60)70-24-16-18-26-78(70)86(80)56-21-13-10-14-22-56/h9-52H,1-8H3. The first-order valence-corrected chi connectivity index (χ1v) is 33.7. The highest BCUT2D eigenvalue weighted by Crippen LogP contribution is 2.53. The van der Waals surface area contributed by atoms with E-state index in [1.165, 1.54) is 110 Å². The van der Waals surface area contributed by atoms with Gasteiger partial charge in [-0.3, -0.25) is 0 Å². The summed E-state index contributed by atoms with van der Waals surface area (Å²) >= 11 is 0. The fraction of sp³-hybridized carbons (Fsp3) is 0.122. The summed E-state index contributed by atoms with van der Waals surface area (Å²) in [5.41, 5.74) is 26.9. The normalized spacial score (nSPS) is 13.7. The van der Waals surface area contributed by atoms with E-state index in [9.17, 15) is 0 Å². The lowest BCUT2D eigenvalue weighted by Crippen LogP contribution is -2.53. The summed E-state index contributed by atoms with van der Waals surface area (Å²) in [6.07, 6.45) is 0. The Morgan fingerprint density at radius 2 is 0.598 bits per heavy atom. The number of rotatable bonds is 10. The Labute approximate surface area is 511 Å². The monoisotopic (exact) mass is 1140 g/mol. The van der Waals surface area contributed by atoms with Crippen LogP contribution < -0.4 is 20.2 Å². The molecule has 5 heteroatoms. The number of hydrogen-bond acceptors (Lipinski definition) is 2. The first-order chi connectivity index (χ1) is 42.2. The van der Waals surface area contributed by atoms with E-state index in [0.29, 0.717) is 0 Å². The van der Waals surface area contributed by atoms with E-state index in [-0.39, 0.29) is 10.8 Å². The van der Waals surface area contributed by atoms with E-state index < -0.39 is 8.07 Å². The molecule has 0 N–H and O–H groups in total. The molecular weight excluding hydrogens is 1070 g/mol. The highest BCUT2D eigenvalue weighted by atomic mass is 28.3. The Morgan fingerprint density at radius 3 is 1.00 bits per heavy atom. The first kappa shape index (κ1) is 52.6. The minimum atomic E-state index is -2.26. The summed E-state index contributed by atoms with van der Waals surface area (Å²) in [5, 5.41) is 7.87. The topological polar surface area (TPSA) is 16.3 Å². The third-order valence-electron chi connectivity index (χ3n) is 19.7. The molecule has 2 aliphatic carbocycles. The van der Waals surface area contributed by atoms with E-state index in [0.717, 1.165) is 45.5 Å². The molecule has 16 rings (SSSR count). The predicted octanol–water partition coefficient (Wildman–Crippen LogP) is 20.9. The van der Waals surface area contributed by atoms with Crippen LogP contribution in [0.2, 0.25) is 13.1 Å². The van der Waals surface area contributed by atoms with E-state index in [2.05, 4.69) is 340 Å². The van der Waals surface area contributed by atoms with Crippen molar-refractivity contribution in [3.8, 4) is 33.6 Å². The summed E-state index contributed by atoms with van der Waals surface area (Å²) < 4.78 is 4.79. The van der Waals surface area contributed by atoms with Gasteiger partial charge in [0.05, 0.1) is 22.1 Å². The maximum atomic E-state index is 2.59. The van der Waals surface area contributed by atoms with Gasteiger partial charge in [0, 0.05) is 77.9 Å². The molecule has 0 bridgehead atoms. The zero-order chi connectivity index (χ0) is 59.1. The van der Waals surface area contributed by atoms with Gasteiger partial charge in [0.1, 0.15) is 8.07 Å². The molecule has 2 heterocycles. The number of nitrogens with zero attached hydrogens (tertiary/aromatic N) is 4. The van der Waals surface area contributed by atoms with Crippen molar-refractivity contribution in [2.45, 2.75) is 65.5 Å². The van der Waals surface area contributed by atoms with Crippen molar-refractivity contribution in [1.82, 2.24) is 9.13 Å². The predicted molar refractivity (Wildman–Crippen MR) is 372 cm³/mol. The van der Waals surface area contributed by atoms with Gasteiger partial charge in [0.25, 0.3) is 0 Å². The van der Waals surface area contributed by atoms with Crippen LogP contribution in [0.4, 0.5) is 34.1 Å². The van der Waals surface area contributed by atoms with Gasteiger partial charge in [-0.2, -0.15) is 0 Å². The second kappa shape index (κ2) is 19.5. The minimum Gasteiger partial charge on any atom is -0.310 e. The smallest absolute Gasteiger partial charge is 0.112 e. The summed E-state index contributed by atoms with van der Waals surface area (Å²) in [7, 11) is -2.26. The molecule has 0 spiro atoms. The lowest BCUT2D eigenvalue weighted by atomic mass is 9.82. The van der Waals surface area contributed by atoms with E-state index in [1.807, 2.05) is 0 Å². The van der Waals surface area contributed by atoms with Crippen LogP contribution in [-0.4, -0.2) is 17.2 Å². The lowest BCUT2D eigenvalue weighted by Gasteiger charge is -2.30. The number of para-hydroxylation sites is 4. The number of benzene rings is 12. The molecule has 4 nitrogen and oxygen atoms in total. The van der Waals surface area contributed by atoms with E-state index >= 15 is 0 Å². The van der Waals surface area contributed by atoms with Crippen LogP contribution in [0, 0.1) is 13.8 Å². The molecule has 0 unspecified atom stereocenters. The van der Waals surface area contributed by atoms with Crippen LogP contribution in [0.15, 0.2) is 267 Å². The van der Waals surface area contributed by atoms with Crippen LogP contribution in [-0.2, 0) is 10.8 Å². The van der Waals surface area contributed by atoms with Crippen LogP contribution in [0.1, 0.15) is 61.1 Å². The molecule has 2 aromatic heterocycles. The number of hydrogen-bond donors (Lipinski definition) is 0. The molecule has 0 aliphatic heterocycles. The fourth-order valence-corrected chi connectivity index (χ4v) is 17.2. The van der Waals surface area contributed by atoms with Gasteiger partial charge < -0.3 is 18.9 Å². The van der Waals surface area contributed by atoms with Crippen LogP contribution in [0.3, 0.4) is 0 Å². The van der Waals surface area contributed by atoms with Crippen LogP contribution >= 0.6 is 0 Å². The molecule has 0 amide bonds. The second-order valence-electron chi connectivity index (χ2n) is 26.0. The highest BCUT2D eigenvalue weighted by Gasteiger charge is 2.41. The minimum absolute atomic E-state index is 0.230. The number of anilines is 6. The van der Waals surface area contributed by atoms with Gasteiger partial charge in [-0.1, -0.05) is 208 Å². The van der Waals surface area contributed by atoms with Gasteiger partial charge in [0.2, 0.25) is 0 Å². The van der Waals surface area contributed by atoms with Crippen LogP contribution in [0.5, 0.6) is 0 Å². The molecule has 420 valence electrons. The number of aromatic nitrogens is 2. The summed E-state index contributed by atoms with van der Waals surface area (Å²) in [6, 6.07) is 100. The molecule has 0 radical (unpaired) electrons. The molecule has 87 heavy (non-hydrogen) atoms. The molecule has 0 atom stereocenters. The van der Waals surface area contributed by atoms with Gasteiger partial charge in [0.15, 0.2) is 0 Å². The Balaban J connectivity index is 0.734. The van der Waals surface area contributed by atoms with Crippen molar-refractivity contribution < 1.29 is 0 Å². The van der Waals surface area contributed by atoms with Gasteiger partial charge >= 0.3 is 0 Å². The molecule has 0 saturated carbocycles. The number of aryl methyl sites for hydroxylation is 2. The van der Waals surface area contributed by atoms with Crippen molar-refractivity contribution in [3.63, 3.8) is 0 Å². The van der Waals surface area contributed by atoms with Gasteiger partial charge in [-0.05, 0) is 180 Å². The maximum absolute atomic E-state index is 2.59. The van der Waals surface area contributed by atoms with Crippen molar-refractivity contribution in [3.05, 3.63) is 300 Å². The fourth-order valence-electron chi connectivity index (χ4n) is 14.9.